The lowest BCUT2D eigenvalue weighted by Crippen LogP contribution is -1.91. The molecule has 3 heteroatoms. The maximum absolute atomic E-state index is 10.5. The van der Waals surface area contributed by atoms with Crippen molar-refractivity contribution in [1.29, 1.82) is 0 Å². The molecule has 0 spiro atoms. The van der Waals surface area contributed by atoms with Gasteiger partial charge in [-0.3, -0.25) is 9.78 Å². The summed E-state index contributed by atoms with van der Waals surface area (Å²) in [5.74, 6) is 0.556. The number of aromatic nitrogens is 1. The standard InChI is InChI=1S/C16H11NO2/c18-11-19-16-6-2-1-5-14(16)12-7-8-15-13(10-12)4-3-9-17-15/h1-11H. The molecule has 0 saturated heterocycles. The Labute approximate surface area is 110 Å². The Bertz CT molecular complexity index is 737. The number of fused-ring (bicyclic) bond motifs is 1. The Kier molecular flexibility index (Phi) is 2.94. The van der Waals surface area contributed by atoms with E-state index in [-0.39, 0.29) is 0 Å². The van der Waals surface area contributed by atoms with Gasteiger partial charge in [0.25, 0.3) is 6.47 Å². The van der Waals surface area contributed by atoms with Gasteiger partial charge >= 0.3 is 0 Å². The molecule has 1 heterocycles. The molecule has 0 bridgehead atoms. The number of hydrogen-bond acceptors (Lipinski definition) is 3. The molecule has 0 saturated carbocycles. The third-order valence-corrected chi connectivity index (χ3v) is 2.98. The minimum atomic E-state index is 0.446. The molecule has 1 aromatic heterocycles. The molecule has 0 amide bonds. The van der Waals surface area contributed by atoms with Crippen LogP contribution in [0.3, 0.4) is 0 Å². The van der Waals surface area contributed by atoms with Gasteiger partial charge in [0.05, 0.1) is 5.52 Å². The SMILES string of the molecule is O=COc1ccccc1-c1ccc2ncccc2c1. The van der Waals surface area contributed by atoms with Crippen LogP contribution in [0, 0.1) is 0 Å². The van der Waals surface area contributed by atoms with Gasteiger partial charge in [-0.2, -0.15) is 0 Å². The molecule has 3 rings (SSSR count). The second-order valence-corrected chi connectivity index (χ2v) is 4.12. The van der Waals surface area contributed by atoms with Gasteiger partial charge in [0.15, 0.2) is 0 Å². The average molecular weight is 249 g/mol. The minimum absolute atomic E-state index is 0.446. The fourth-order valence-electron chi connectivity index (χ4n) is 2.10. The molecule has 19 heavy (non-hydrogen) atoms. The van der Waals surface area contributed by atoms with Crippen molar-refractivity contribution in [3.8, 4) is 16.9 Å². The molecule has 3 nitrogen and oxygen atoms in total. The molecule has 0 fully saturated rings. The van der Waals surface area contributed by atoms with Crippen molar-refractivity contribution >= 4 is 17.4 Å². The van der Waals surface area contributed by atoms with E-state index < -0.39 is 0 Å². The zero-order valence-corrected chi connectivity index (χ0v) is 10.1. The number of ether oxygens (including phenoxy) is 1. The summed E-state index contributed by atoms with van der Waals surface area (Å²) in [6, 6.07) is 17.3. The summed E-state index contributed by atoms with van der Waals surface area (Å²) >= 11 is 0. The normalized spacial score (nSPS) is 10.3. The van der Waals surface area contributed by atoms with E-state index in [4.69, 9.17) is 4.74 Å². The molecule has 0 unspecified atom stereocenters. The van der Waals surface area contributed by atoms with Gasteiger partial charge in [-0.15, -0.1) is 0 Å². The minimum Gasteiger partial charge on any atom is -0.428 e. The van der Waals surface area contributed by atoms with Gasteiger partial charge in [-0.1, -0.05) is 30.3 Å². The predicted octanol–water partition coefficient (Wildman–Crippen LogP) is 3.44. The van der Waals surface area contributed by atoms with Crippen molar-refractivity contribution in [3.63, 3.8) is 0 Å². The van der Waals surface area contributed by atoms with Crippen LogP contribution in [0.15, 0.2) is 60.8 Å². The van der Waals surface area contributed by atoms with E-state index >= 15 is 0 Å². The highest BCUT2D eigenvalue weighted by molar-refractivity contribution is 5.85. The Balaban J connectivity index is 2.16. The van der Waals surface area contributed by atoms with Crippen LogP contribution in [0.2, 0.25) is 0 Å². The van der Waals surface area contributed by atoms with E-state index in [9.17, 15) is 4.79 Å². The molecule has 92 valence electrons. The van der Waals surface area contributed by atoms with Crippen molar-refractivity contribution in [2.45, 2.75) is 0 Å². The van der Waals surface area contributed by atoms with Gasteiger partial charge in [-0.25, -0.2) is 0 Å². The molecule has 2 aromatic carbocycles. The van der Waals surface area contributed by atoms with Crippen molar-refractivity contribution in [3.05, 3.63) is 60.8 Å². The van der Waals surface area contributed by atoms with Gasteiger partial charge < -0.3 is 4.74 Å². The number of para-hydroxylation sites is 1. The number of hydrogen-bond donors (Lipinski definition) is 0. The average Bonchev–Trinajstić information content (AvgIpc) is 2.48. The van der Waals surface area contributed by atoms with E-state index in [0.29, 0.717) is 12.2 Å². The first-order chi connectivity index (χ1) is 9.38. The summed E-state index contributed by atoms with van der Waals surface area (Å²) in [6.07, 6.45) is 1.77. The summed E-state index contributed by atoms with van der Waals surface area (Å²) in [5, 5.41) is 1.06. The van der Waals surface area contributed by atoms with Crippen LogP contribution in [0.1, 0.15) is 0 Å². The van der Waals surface area contributed by atoms with E-state index in [0.717, 1.165) is 22.0 Å². The molecule has 0 aliphatic carbocycles. The van der Waals surface area contributed by atoms with Crippen LogP contribution in [0.25, 0.3) is 22.0 Å². The first-order valence-corrected chi connectivity index (χ1v) is 5.93. The van der Waals surface area contributed by atoms with Crippen LogP contribution >= 0.6 is 0 Å². The number of rotatable bonds is 3. The van der Waals surface area contributed by atoms with Crippen molar-refractivity contribution < 1.29 is 9.53 Å². The molecular weight excluding hydrogens is 238 g/mol. The summed E-state index contributed by atoms with van der Waals surface area (Å²) < 4.78 is 5.01. The van der Waals surface area contributed by atoms with E-state index in [1.807, 2.05) is 48.5 Å². The van der Waals surface area contributed by atoms with Crippen molar-refractivity contribution in [2.75, 3.05) is 0 Å². The Morgan fingerprint density at radius 1 is 1.00 bits per heavy atom. The van der Waals surface area contributed by atoms with Crippen molar-refractivity contribution in [2.24, 2.45) is 0 Å². The number of benzene rings is 2. The number of carbonyl (C=O) groups excluding carboxylic acids is 1. The third-order valence-electron chi connectivity index (χ3n) is 2.98. The maximum atomic E-state index is 10.5. The zero-order valence-electron chi connectivity index (χ0n) is 10.1. The fourth-order valence-corrected chi connectivity index (χ4v) is 2.10. The summed E-state index contributed by atoms with van der Waals surface area (Å²) in [5.41, 5.74) is 2.83. The Hall–Kier alpha value is -2.68. The van der Waals surface area contributed by atoms with Gasteiger partial charge in [0.2, 0.25) is 0 Å². The number of pyridine rings is 1. The van der Waals surface area contributed by atoms with E-state index in [1.165, 1.54) is 0 Å². The topological polar surface area (TPSA) is 39.2 Å². The molecular formula is C16H11NO2. The van der Waals surface area contributed by atoms with Gasteiger partial charge in [0.1, 0.15) is 5.75 Å². The molecule has 3 aromatic rings. The van der Waals surface area contributed by atoms with Crippen LogP contribution in [0.4, 0.5) is 0 Å². The Morgan fingerprint density at radius 2 is 1.89 bits per heavy atom. The summed E-state index contributed by atoms with van der Waals surface area (Å²) in [7, 11) is 0. The monoisotopic (exact) mass is 249 g/mol. The lowest BCUT2D eigenvalue weighted by molar-refractivity contribution is -0.120. The fraction of sp³-hybridized carbons (Fsp3) is 0. The summed E-state index contributed by atoms with van der Waals surface area (Å²) in [4.78, 5) is 14.8. The highest BCUT2D eigenvalue weighted by Crippen LogP contribution is 2.31. The first kappa shape index (κ1) is 11.4. The van der Waals surface area contributed by atoms with Crippen LogP contribution in [-0.4, -0.2) is 11.5 Å². The van der Waals surface area contributed by atoms with E-state index in [2.05, 4.69) is 4.98 Å². The lowest BCUT2D eigenvalue weighted by atomic mass is 10.0. The molecule has 0 aliphatic rings. The summed E-state index contributed by atoms with van der Waals surface area (Å²) in [6.45, 7) is 0.446. The van der Waals surface area contributed by atoms with Crippen LogP contribution < -0.4 is 4.74 Å². The smallest absolute Gasteiger partial charge is 0.298 e. The zero-order chi connectivity index (χ0) is 13.1. The molecule has 0 N–H and O–H groups in total. The maximum Gasteiger partial charge on any atom is 0.298 e. The highest BCUT2D eigenvalue weighted by atomic mass is 16.5. The first-order valence-electron chi connectivity index (χ1n) is 5.93. The van der Waals surface area contributed by atoms with Crippen LogP contribution in [0.5, 0.6) is 5.75 Å². The molecule has 0 atom stereocenters. The quantitative estimate of drug-likeness (QED) is 0.667. The second kappa shape index (κ2) is 4.90. The number of carbonyl (C=O) groups is 1. The highest BCUT2D eigenvalue weighted by Gasteiger charge is 2.06. The van der Waals surface area contributed by atoms with Gasteiger partial charge in [0, 0.05) is 17.1 Å². The lowest BCUT2D eigenvalue weighted by Gasteiger charge is -2.08. The predicted molar refractivity (Wildman–Crippen MR) is 73.9 cm³/mol. The largest absolute Gasteiger partial charge is 0.428 e. The van der Waals surface area contributed by atoms with Crippen LogP contribution in [-0.2, 0) is 4.79 Å². The Morgan fingerprint density at radius 3 is 2.79 bits per heavy atom. The number of nitrogens with zero attached hydrogens (tertiary/aromatic N) is 1. The third kappa shape index (κ3) is 2.18. The molecule has 0 aliphatic heterocycles. The van der Waals surface area contributed by atoms with Crippen molar-refractivity contribution in [1.82, 2.24) is 4.98 Å². The molecule has 0 radical (unpaired) electrons. The second-order valence-electron chi connectivity index (χ2n) is 4.12. The van der Waals surface area contributed by atoms with Gasteiger partial charge in [-0.05, 0) is 29.8 Å². The van der Waals surface area contributed by atoms with E-state index in [1.54, 1.807) is 12.3 Å².